The van der Waals surface area contributed by atoms with Crippen LogP contribution in [-0.2, 0) is 0 Å². The second kappa shape index (κ2) is 7.21. The predicted molar refractivity (Wildman–Crippen MR) is 93.3 cm³/mol. The molecule has 128 valence electrons. The van der Waals surface area contributed by atoms with Crippen molar-refractivity contribution < 1.29 is 8.78 Å². The van der Waals surface area contributed by atoms with Crippen LogP contribution in [0.4, 0.5) is 31.9 Å². The van der Waals surface area contributed by atoms with E-state index in [9.17, 15) is 8.78 Å². The standard InChI is InChI=1S/C18H17F2N5/c1-11(2)12-3-6-14(7-4-12)22-17-10-21-25-18(24-17)23-16-8-5-13(19)9-15(16)20/h3-11H,1-2H3,(H2,22,23,24,25). The van der Waals surface area contributed by atoms with Crippen LogP contribution < -0.4 is 10.6 Å². The third-order valence-electron chi connectivity index (χ3n) is 3.59. The second-order valence-electron chi connectivity index (χ2n) is 5.82. The first-order valence-corrected chi connectivity index (χ1v) is 7.80. The maximum atomic E-state index is 13.7. The Kier molecular flexibility index (Phi) is 4.83. The number of nitrogens with one attached hydrogen (secondary N) is 2. The van der Waals surface area contributed by atoms with E-state index < -0.39 is 11.6 Å². The molecule has 7 heteroatoms. The fraction of sp³-hybridized carbons (Fsp3) is 0.167. The topological polar surface area (TPSA) is 62.7 Å². The fourth-order valence-electron chi connectivity index (χ4n) is 2.23. The zero-order valence-electron chi connectivity index (χ0n) is 13.8. The summed E-state index contributed by atoms with van der Waals surface area (Å²) in [6.45, 7) is 4.26. The zero-order chi connectivity index (χ0) is 17.8. The first kappa shape index (κ1) is 16.8. The Hall–Kier alpha value is -3.09. The summed E-state index contributed by atoms with van der Waals surface area (Å²) in [4.78, 5) is 4.23. The third-order valence-corrected chi connectivity index (χ3v) is 3.59. The van der Waals surface area contributed by atoms with Crippen molar-refractivity contribution in [3.63, 3.8) is 0 Å². The van der Waals surface area contributed by atoms with Crippen LogP contribution >= 0.6 is 0 Å². The summed E-state index contributed by atoms with van der Waals surface area (Å²) in [6.07, 6.45) is 1.46. The van der Waals surface area contributed by atoms with Crippen molar-refractivity contribution in [1.29, 1.82) is 0 Å². The molecule has 3 rings (SSSR count). The first-order chi connectivity index (χ1) is 12.0. The van der Waals surface area contributed by atoms with Crippen LogP contribution in [0.25, 0.3) is 0 Å². The molecule has 0 aliphatic rings. The normalized spacial score (nSPS) is 10.8. The number of benzene rings is 2. The predicted octanol–water partition coefficient (Wildman–Crippen LogP) is 4.76. The van der Waals surface area contributed by atoms with Gasteiger partial charge in [-0.2, -0.15) is 10.1 Å². The lowest BCUT2D eigenvalue weighted by Gasteiger charge is -2.10. The van der Waals surface area contributed by atoms with E-state index in [1.807, 2.05) is 24.3 Å². The number of hydrogen-bond donors (Lipinski definition) is 2. The number of anilines is 4. The molecule has 0 fully saturated rings. The largest absolute Gasteiger partial charge is 0.339 e. The molecule has 2 N–H and O–H groups in total. The molecule has 0 saturated heterocycles. The van der Waals surface area contributed by atoms with Gasteiger partial charge in [0.25, 0.3) is 0 Å². The van der Waals surface area contributed by atoms with E-state index in [4.69, 9.17) is 0 Å². The summed E-state index contributed by atoms with van der Waals surface area (Å²) in [5.74, 6) is -0.364. The monoisotopic (exact) mass is 341 g/mol. The van der Waals surface area contributed by atoms with Crippen LogP contribution in [0.2, 0.25) is 0 Å². The van der Waals surface area contributed by atoms with Crippen molar-refractivity contribution in [1.82, 2.24) is 15.2 Å². The highest BCUT2D eigenvalue weighted by Crippen LogP contribution is 2.21. The quantitative estimate of drug-likeness (QED) is 0.700. The SMILES string of the molecule is CC(C)c1ccc(Nc2cnnc(Nc3ccc(F)cc3F)n2)cc1. The molecule has 2 aromatic carbocycles. The number of hydrogen-bond acceptors (Lipinski definition) is 5. The van der Waals surface area contributed by atoms with Gasteiger partial charge in [0.05, 0.1) is 11.9 Å². The van der Waals surface area contributed by atoms with Crippen molar-refractivity contribution in [3.05, 3.63) is 65.9 Å². The van der Waals surface area contributed by atoms with Crippen LogP contribution in [0, 0.1) is 11.6 Å². The summed E-state index contributed by atoms with van der Waals surface area (Å²) in [6, 6.07) is 11.2. The van der Waals surface area contributed by atoms with Gasteiger partial charge >= 0.3 is 0 Å². The number of aromatic nitrogens is 3. The Bertz CT molecular complexity index is 866. The van der Waals surface area contributed by atoms with Crippen LogP contribution in [0.1, 0.15) is 25.3 Å². The van der Waals surface area contributed by atoms with E-state index >= 15 is 0 Å². The lowest BCUT2D eigenvalue weighted by molar-refractivity contribution is 0.586. The van der Waals surface area contributed by atoms with E-state index in [1.54, 1.807) is 0 Å². The van der Waals surface area contributed by atoms with E-state index in [2.05, 4.69) is 39.7 Å². The molecular formula is C18H17F2N5. The number of rotatable bonds is 5. The molecule has 0 aliphatic carbocycles. The molecule has 0 bridgehead atoms. The van der Waals surface area contributed by atoms with E-state index in [1.165, 1.54) is 17.8 Å². The van der Waals surface area contributed by atoms with Crippen LogP contribution in [-0.4, -0.2) is 15.2 Å². The Morgan fingerprint density at radius 2 is 1.72 bits per heavy atom. The van der Waals surface area contributed by atoms with Crippen molar-refractivity contribution in [3.8, 4) is 0 Å². The molecule has 1 heterocycles. The summed E-state index contributed by atoms with van der Waals surface area (Å²) in [7, 11) is 0. The molecular weight excluding hydrogens is 324 g/mol. The van der Waals surface area contributed by atoms with Gasteiger partial charge in [0, 0.05) is 11.8 Å². The molecule has 0 radical (unpaired) electrons. The van der Waals surface area contributed by atoms with Gasteiger partial charge in [0.1, 0.15) is 11.6 Å². The van der Waals surface area contributed by atoms with Crippen molar-refractivity contribution >= 4 is 23.1 Å². The number of halogens is 2. The Morgan fingerprint density at radius 1 is 0.960 bits per heavy atom. The van der Waals surface area contributed by atoms with Crippen LogP contribution in [0.3, 0.4) is 0 Å². The van der Waals surface area contributed by atoms with Crippen LogP contribution in [0.15, 0.2) is 48.7 Å². The molecule has 0 atom stereocenters. The summed E-state index contributed by atoms with van der Waals surface area (Å²) in [5, 5.41) is 13.4. The molecule has 1 aromatic heterocycles. The van der Waals surface area contributed by atoms with Gasteiger partial charge < -0.3 is 10.6 Å². The molecule has 0 saturated carbocycles. The van der Waals surface area contributed by atoms with Crippen molar-refractivity contribution in [2.45, 2.75) is 19.8 Å². The Morgan fingerprint density at radius 3 is 2.40 bits per heavy atom. The highest BCUT2D eigenvalue weighted by Gasteiger charge is 2.07. The van der Waals surface area contributed by atoms with Gasteiger partial charge in [0.15, 0.2) is 5.82 Å². The van der Waals surface area contributed by atoms with E-state index in [0.717, 1.165) is 17.8 Å². The minimum atomic E-state index is -0.730. The number of nitrogens with zero attached hydrogens (tertiary/aromatic N) is 3. The van der Waals surface area contributed by atoms with Gasteiger partial charge in [-0.05, 0) is 35.7 Å². The minimum Gasteiger partial charge on any atom is -0.339 e. The molecule has 0 spiro atoms. The first-order valence-electron chi connectivity index (χ1n) is 7.80. The fourth-order valence-corrected chi connectivity index (χ4v) is 2.23. The summed E-state index contributed by atoms with van der Waals surface area (Å²) >= 11 is 0. The zero-order valence-corrected chi connectivity index (χ0v) is 13.8. The van der Waals surface area contributed by atoms with Gasteiger partial charge in [-0.15, -0.1) is 5.10 Å². The minimum absolute atomic E-state index is 0.0710. The molecule has 0 amide bonds. The summed E-state index contributed by atoms with van der Waals surface area (Å²) < 4.78 is 26.6. The van der Waals surface area contributed by atoms with Crippen molar-refractivity contribution in [2.75, 3.05) is 10.6 Å². The van der Waals surface area contributed by atoms with E-state index in [-0.39, 0.29) is 11.6 Å². The van der Waals surface area contributed by atoms with Gasteiger partial charge in [-0.1, -0.05) is 26.0 Å². The molecule has 25 heavy (non-hydrogen) atoms. The Labute approximate surface area is 144 Å². The lowest BCUT2D eigenvalue weighted by Crippen LogP contribution is -2.03. The van der Waals surface area contributed by atoms with Gasteiger partial charge in [0.2, 0.25) is 5.95 Å². The maximum Gasteiger partial charge on any atom is 0.249 e. The summed E-state index contributed by atoms with van der Waals surface area (Å²) in [5.41, 5.74) is 2.16. The third kappa shape index (κ3) is 4.26. The second-order valence-corrected chi connectivity index (χ2v) is 5.82. The van der Waals surface area contributed by atoms with Gasteiger partial charge in [-0.3, -0.25) is 0 Å². The molecule has 0 unspecified atom stereocenters. The highest BCUT2D eigenvalue weighted by molar-refractivity contribution is 5.59. The van der Waals surface area contributed by atoms with Gasteiger partial charge in [-0.25, -0.2) is 8.78 Å². The lowest BCUT2D eigenvalue weighted by atomic mass is 10.0. The average molecular weight is 341 g/mol. The molecule has 0 aliphatic heterocycles. The molecule has 3 aromatic rings. The van der Waals surface area contributed by atoms with E-state index in [0.29, 0.717) is 11.7 Å². The Balaban J connectivity index is 1.75. The van der Waals surface area contributed by atoms with Crippen molar-refractivity contribution in [2.24, 2.45) is 0 Å². The van der Waals surface area contributed by atoms with Crippen LogP contribution in [0.5, 0.6) is 0 Å². The molecule has 5 nitrogen and oxygen atoms in total. The maximum absolute atomic E-state index is 13.7. The average Bonchev–Trinajstić information content (AvgIpc) is 2.58. The highest BCUT2D eigenvalue weighted by atomic mass is 19.1. The smallest absolute Gasteiger partial charge is 0.249 e.